The molecule has 5 nitrogen and oxygen atoms in total. The molecule has 1 aliphatic rings. The quantitative estimate of drug-likeness (QED) is 0.785. The van der Waals surface area contributed by atoms with Crippen molar-refractivity contribution in [2.75, 3.05) is 17.6 Å². The SMILES string of the molecule is Nc1ccccc1NC(=O)CCC1=CCCN(Cc2ccccc2)C1=O. The van der Waals surface area contributed by atoms with Gasteiger partial charge in [-0.2, -0.15) is 0 Å². The van der Waals surface area contributed by atoms with E-state index in [4.69, 9.17) is 5.73 Å². The van der Waals surface area contributed by atoms with Gasteiger partial charge in [0.25, 0.3) is 0 Å². The van der Waals surface area contributed by atoms with Crippen LogP contribution in [0.4, 0.5) is 11.4 Å². The van der Waals surface area contributed by atoms with Crippen LogP contribution in [0.2, 0.25) is 0 Å². The van der Waals surface area contributed by atoms with Crippen LogP contribution in [0.5, 0.6) is 0 Å². The summed E-state index contributed by atoms with van der Waals surface area (Å²) in [4.78, 5) is 26.7. The first-order valence-electron chi connectivity index (χ1n) is 8.80. The molecule has 0 fully saturated rings. The molecular formula is C21H23N3O2. The zero-order chi connectivity index (χ0) is 18.4. The molecule has 0 aromatic heterocycles. The van der Waals surface area contributed by atoms with Crippen molar-refractivity contribution in [2.24, 2.45) is 0 Å². The Bertz CT molecular complexity index is 815. The van der Waals surface area contributed by atoms with Crippen molar-refractivity contribution in [1.29, 1.82) is 0 Å². The molecule has 2 aromatic rings. The zero-order valence-corrected chi connectivity index (χ0v) is 14.7. The summed E-state index contributed by atoms with van der Waals surface area (Å²) in [6.07, 6.45) is 3.46. The van der Waals surface area contributed by atoms with Crippen molar-refractivity contribution < 1.29 is 9.59 Å². The number of benzene rings is 2. The van der Waals surface area contributed by atoms with E-state index in [1.807, 2.05) is 53.4 Å². The maximum atomic E-state index is 12.7. The molecule has 3 N–H and O–H groups in total. The fraction of sp³-hybridized carbons (Fsp3) is 0.238. The van der Waals surface area contributed by atoms with Crippen molar-refractivity contribution in [3.63, 3.8) is 0 Å². The van der Waals surface area contributed by atoms with Crippen LogP contribution in [-0.4, -0.2) is 23.3 Å². The van der Waals surface area contributed by atoms with E-state index in [-0.39, 0.29) is 18.2 Å². The van der Waals surface area contributed by atoms with Gasteiger partial charge in [0.2, 0.25) is 11.8 Å². The fourth-order valence-electron chi connectivity index (χ4n) is 3.02. The lowest BCUT2D eigenvalue weighted by Crippen LogP contribution is -2.35. The Morgan fingerprint density at radius 1 is 1.08 bits per heavy atom. The molecule has 1 aliphatic heterocycles. The number of amides is 2. The number of carbonyl (C=O) groups excluding carboxylic acids is 2. The molecule has 0 atom stereocenters. The van der Waals surface area contributed by atoms with E-state index in [0.717, 1.165) is 12.0 Å². The Hall–Kier alpha value is -3.08. The molecule has 0 saturated heterocycles. The van der Waals surface area contributed by atoms with Crippen LogP contribution in [0.25, 0.3) is 0 Å². The third-order valence-electron chi connectivity index (χ3n) is 4.42. The Labute approximate surface area is 153 Å². The van der Waals surface area contributed by atoms with Crippen molar-refractivity contribution in [1.82, 2.24) is 4.90 Å². The van der Waals surface area contributed by atoms with E-state index in [9.17, 15) is 9.59 Å². The van der Waals surface area contributed by atoms with Crippen molar-refractivity contribution in [3.05, 3.63) is 71.8 Å². The summed E-state index contributed by atoms with van der Waals surface area (Å²) < 4.78 is 0. The predicted molar refractivity (Wildman–Crippen MR) is 103 cm³/mol. The number of nitrogens with two attached hydrogens (primary N) is 1. The van der Waals surface area contributed by atoms with Crippen molar-refractivity contribution in [2.45, 2.75) is 25.8 Å². The normalized spacial score (nSPS) is 14.1. The minimum Gasteiger partial charge on any atom is -0.397 e. The van der Waals surface area contributed by atoms with Crippen LogP contribution in [-0.2, 0) is 16.1 Å². The van der Waals surface area contributed by atoms with Gasteiger partial charge in [-0.3, -0.25) is 9.59 Å². The fourth-order valence-corrected chi connectivity index (χ4v) is 3.02. The predicted octanol–water partition coefficient (Wildman–Crippen LogP) is 3.35. The molecule has 1 heterocycles. The standard InChI is InChI=1S/C21H23N3O2/c22-18-10-4-5-11-19(18)23-20(25)13-12-17-9-6-14-24(21(17)26)15-16-7-2-1-3-8-16/h1-5,7-11H,6,12-15,22H2,(H,23,25). The summed E-state index contributed by atoms with van der Waals surface area (Å²) in [7, 11) is 0. The van der Waals surface area contributed by atoms with Crippen molar-refractivity contribution >= 4 is 23.2 Å². The number of para-hydroxylation sites is 2. The molecule has 5 heteroatoms. The third kappa shape index (κ3) is 4.51. The van der Waals surface area contributed by atoms with Gasteiger partial charge in [-0.25, -0.2) is 0 Å². The number of hydrogen-bond acceptors (Lipinski definition) is 3. The highest BCUT2D eigenvalue weighted by Gasteiger charge is 2.22. The molecule has 3 rings (SSSR count). The van der Waals surface area contributed by atoms with Gasteiger partial charge in [0.15, 0.2) is 0 Å². The summed E-state index contributed by atoms with van der Waals surface area (Å²) in [6.45, 7) is 1.31. The van der Waals surface area contributed by atoms with Crippen LogP contribution >= 0.6 is 0 Å². The van der Waals surface area contributed by atoms with E-state index in [0.29, 0.717) is 36.5 Å². The highest BCUT2D eigenvalue weighted by atomic mass is 16.2. The number of rotatable bonds is 6. The smallest absolute Gasteiger partial charge is 0.249 e. The van der Waals surface area contributed by atoms with Crippen LogP contribution < -0.4 is 11.1 Å². The third-order valence-corrected chi connectivity index (χ3v) is 4.42. The van der Waals surface area contributed by atoms with E-state index < -0.39 is 0 Å². The molecule has 0 bridgehead atoms. The Kier molecular flexibility index (Phi) is 5.69. The number of anilines is 2. The van der Waals surface area contributed by atoms with Gasteiger partial charge >= 0.3 is 0 Å². The van der Waals surface area contributed by atoms with E-state index in [1.165, 1.54) is 0 Å². The molecule has 0 spiro atoms. The summed E-state index contributed by atoms with van der Waals surface area (Å²) in [6, 6.07) is 17.1. The molecular weight excluding hydrogens is 326 g/mol. The number of carbonyl (C=O) groups is 2. The van der Waals surface area contributed by atoms with Gasteiger partial charge in [0.05, 0.1) is 11.4 Å². The molecule has 0 saturated carbocycles. The zero-order valence-electron chi connectivity index (χ0n) is 14.7. The maximum absolute atomic E-state index is 12.7. The van der Waals surface area contributed by atoms with Gasteiger partial charge in [-0.15, -0.1) is 0 Å². The monoisotopic (exact) mass is 349 g/mol. The van der Waals surface area contributed by atoms with Gasteiger partial charge < -0.3 is 16.0 Å². The van der Waals surface area contributed by atoms with E-state index in [2.05, 4.69) is 5.32 Å². The second-order valence-corrected chi connectivity index (χ2v) is 6.37. The highest BCUT2D eigenvalue weighted by Crippen LogP contribution is 2.20. The topological polar surface area (TPSA) is 75.4 Å². The Morgan fingerprint density at radius 2 is 1.81 bits per heavy atom. The molecule has 26 heavy (non-hydrogen) atoms. The maximum Gasteiger partial charge on any atom is 0.249 e. The number of nitrogens with zero attached hydrogens (tertiary/aromatic N) is 1. The van der Waals surface area contributed by atoms with E-state index >= 15 is 0 Å². The lowest BCUT2D eigenvalue weighted by Gasteiger charge is -2.27. The number of nitrogens with one attached hydrogen (secondary N) is 1. The van der Waals surface area contributed by atoms with Crippen molar-refractivity contribution in [3.8, 4) is 0 Å². The summed E-state index contributed by atoms with van der Waals surface area (Å²) in [5.41, 5.74) is 8.79. The summed E-state index contributed by atoms with van der Waals surface area (Å²) >= 11 is 0. The largest absolute Gasteiger partial charge is 0.397 e. The van der Waals surface area contributed by atoms with Gasteiger partial charge in [-0.05, 0) is 30.5 Å². The first-order valence-corrected chi connectivity index (χ1v) is 8.80. The van der Waals surface area contributed by atoms with Gasteiger partial charge in [0.1, 0.15) is 0 Å². The summed E-state index contributed by atoms with van der Waals surface area (Å²) in [5, 5.41) is 2.80. The molecule has 0 aliphatic carbocycles. The molecule has 0 unspecified atom stereocenters. The second-order valence-electron chi connectivity index (χ2n) is 6.37. The minimum absolute atomic E-state index is 0.0205. The molecule has 2 amide bonds. The highest BCUT2D eigenvalue weighted by molar-refractivity contribution is 5.97. The Morgan fingerprint density at radius 3 is 2.58 bits per heavy atom. The lowest BCUT2D eigenvalue weighted by molar-refractivity contribution is -0.128. The summed E-state index contributed by atoms with van der Waals surface area (Å²) in [5.74, 6) is -0.121. The number of nitrogen functional groups attached to an aromatic ring is 1. The average Bonchev–Trinajstić information content (AvgIpc) is 2.65. The van der Waals surface area contributed by atoms with Gasteiger partial charge in [-0.1, -0.05) is 48.5 Å². The molecule has 0 radical (unpaired) electrons. The number of hydrogen-bond donors (Lipinski definition) is 2. The van der Waals surface area contributed by atoms with Crippen LogP contribution in [0, 0.1) is 0 Å². The minimum atomic E-state index is -0.142. The lowest BCUT2D eigenvalue weighted by atomic mass is 10.0. The van der Waals surface area contributed by atoms with Crippen LogP contribution in [0.3, 0.4) is 0 Å². The first kappa shape index (κ1) is 17.7. The van der Waals surface area contributed by atoms with E-state index in [1.54, 1.807) is 12.1 Å². The second kappa shape index (κ2) is 8.34. The average molecular weight is 349 g/mol. The van der Waals surface area contributed by atoms with Crippen LogP contribution in [0.15, 0.2) is 66.2 Å². The molecule has 2 aromatic carbocycles. The van der Waals surface area contributed by atoms with Gasteiger partial charge in [0, 0.05) is 25.1 Å². The first-order chi connectivity index (χ1) is 12.6. The van der Waals surface area contributed by atoms with Crippen LogP contribution in [0.1, 0.15) is 24.8 Å². The Balaban J connectivity index is 1.54. The molecule has 134 valence electrons.